The number of anilines is 2. The summed E-state index contributed by atoms with van der Waals surface area (Å²) in [6.45, 7) is 1.85. The molecule has 0 aliphatic heterocycles. The van der Waals surface area contributed by atoms with Gasteiger partial charge in [-0.25, -0.2) is 9.37 Å². The molecule has 1 aromatic carbocycles. The van der Waals surface area contributed by atoms with E-state index in [9.17, 15) is 14.0 Å². The van der Waals surface area contributed by atoms with Gasteiger partial charge in [0.2, 0.25) is 11.0 Å². The van der Waals surface area contributed by atoms with Crippen molar-refractivity contribution in [3.8, 4) is 0 Å². The highest BCUT2D eigenvalue weighted by molar-refractivity contribution is 8.01. The highest BCUT2D eigenvalue weighted by Gasteiger charge is 2.14. The van der Waals surface area contributed by atoms with Crippen LogP contribution in [0.5, 0.6) is 0 Å². The number of carbonyl (C=O) groups excluding carboxylic acids is 2. The van der Waals surface area contributed by atoms with Gasteiger partial charge in [0.25, 0.3) is 5.91 Å². The predicted octanol–water partition coefficient (Wildman–Crippen LogP) is 3.43. The Balaban J connectivity index is 1.52. The number of aryl methyl sites for hydroxylation is 1. The Bertz CT molecular complexity index is 943. The van der Waals surface area contributed by atoms with Gasteiger partial charge in [-0.3, -0.25) is 14.9 Å². The second-order valence-corrected chi connectivity index (χ2v) is 8.00. The Kier molecular flexibility index (Phi) is 5.91. The first kappa shape index (κ1) is 18.4. The number of halogens is 1. The quantitative estimate of drug-likeness (QED) is 0.478. The maximum absolute atomic E-state index is 13.6. The molecule has 0 spiro atoms. The smallest absolute Gasteiger partial charge is 0.260 e. The van der Waals surface area contributed by atoms with Crippen molar-refractivity contribution >= 4 is 56.5 Å². The van der Waals surface area contributed by atoms with E-state index in [1.807, 2.05) is 12.3 Å². The van der Waals surface area contributed by atoms with Crippen LogP contribution in [0.4, 0.5) is 14.7 Å². The van der Waals surface area contributed by atoms with Crippen LogP contribution in [0.2, 0.25) is 0 Å². The zero-order valence-electron chi connectivity index (χ0n) is 13.4. The molecule has 2 heterocycles. The van der Waals surface area contributed by atoms with Gasteiger partial charge in [-0.2, -0.15) is 0 Å². The number of hydrogen-bond acceptors (Lipinski definition) is 8. The third kappa shape index (κ3) is 4.84. The lowest BCUT2D eigenvalue weighted by molar-refractivity contribution is -0.113. The van der Waals surface area contributed by atoms with Crippen LogP contribution in [-0.2, 0) is 4.79 Å². The van der Waals surface area contributed by atoms with Gasteiger partial charge in [0.05, 0.1) is 17.0 Å². The molecule has 0 fully saturated rings. The molecule has 2 aromatic heterocycles. The van der Waals surface area contributed by atoms with E-state index in [0.29, 0.717) is 9.47 Å². The van der Waals surface area contributed by atoms with E-state index in [0.717, 1.165) is 17.0 Å². The van der Waals surface area contributed by atoms with Crippen LogP contribution in [0.3, 0.4) is 0 Å². The minimum absolute atomic E-state index is 0.0741. The number of carbonyl (C=O) groups is 2. The molecule has 0 unspecified atom stereocenters. The zero-order chi connectivity index (χ0) is 18.5. The van der Waals surface area contributed by atoms with Crippen molar-refractivity contribution in [3.05, 3.63) is 46.7 Å². The zero-order valence-corrected chi connectivity index (χ0v) is 15.8. The van der Waals surface area contributed by atoms with E-state index < -0.39 is 11.7 Å². The Morgan fingerprint density at radius 1 is 1.19 bits per heavy atom. The van der Waals surface area contributed by atoms with E-state index >= 15 is 0 Å². The molecule has 2 N–H and O–H groups in total. The van der Waals surface area contributed by atoms with Gasteiger partial charge in [0.15, 0.2) is 9.47 Å². The van der Waals surface area contributed by atoms with Crippen LogP contribution >= 0.6 is 34.4 Å². The second-order valence-electron chi connectivity index (χ2n) is 4.94. The minimum atomic E-state index is -0.613. The Hall–Kier alpha value is -2.37. The molecular formula is C15H12FN5O2S3. The number of thiazole rings is 1. The molecule has 0 atom stereocenters. The summed E-state index contributed by atoms with van der Waals surface area (Å²) in [5.74, 6) is -1.29. The predicted molar refractivity (Wildman–Crippen MR) is 100 cm³/mol. The third-order valence-electron chi connectivity index (χ3n) is 2.94. The van der Waals surface area contributed by atoms with Crippen molar-refractivity contribution in [2.24, 2.45) is 0 Å². The van der Waals surface area contributed by atoms with Crippen LogP contribution in [-0.4, -0.2) is 32.7 Å². The lowest BCUT2D eigenvalue weighted by atomic mass is 10.2. The van der Waals surface area contributed by atoms with Gasteiger partial charge in [0, 0.05) is 5.38 Å². The molecule has 3 aromatic rings. The fourth-order valence-corrected chi connectivity index (χ4v) is 4.07. The van der Waals surface area contributed by atoms with Gasteiger partial charge in [0.1, 0.15) is 5.82 Å². The van der Waals surface area contributed by atoms with Crippen LogP contribution in [0, 0.1) is 12.7 Å². The van der Waals surface area contributed by atoms with Crippen molar-refractivity contribution in [1.29, 1.82) is 0 Å². The van der Waals surface area contributed by atoms with E-state index in [-0.39, 0.29) is 22.4 Å². The van der Waals surface area contributed by atoms with Gasteiger partial charge >= 0.3 is 0 Å². The molecule has 0 aliphatic carbocycles. The largest absolute Gasteiger partial charge is 0.301 e. The number of rotatable bonds is 6. The third-order valence-corrected chi connectivity index (χ3v) is 5.79. The van der Waals surface area contributed by atoms with Crippen molar-refractivity contribution in [2.45, 2.75) is 11.3 Å². The fraction of sp³-hybridized carbons (Fsp3) is 0.133. The van der Waals surface area contributed by atoms with E-state index in [4.69, 9.17) is 0 Å². The normalized spacial score (nSPS) is 10.5. The first-order valence-electron chi connectivity index (χ1n) is 7.25. The highest BCUT2D eigenvalue weighted by Crippen LogP contribution is 2.26. The number of benzene rings is 1. The number of amides is 2. The molecule has 0 radical (unpaired) electrons. The molecule has 3 rings (SSSR count). The average Bonchev–Trinajstić information content (AvgIpc) is 3.22. The SMILES string of the molecule is Cc1csc(NC(=O)CSc2nnc(NC(=O)c3ccccc3F)s2)n1. The first-order valence-corrected chi connectivity index (χ1v) is 9.93. The lowest BCUT2D eigenvalue weighted by Crippen LogP contribution is -2.13. The van der Waals surface area contributed by atoms with Crippen LogP contribution < -0.4 is 10.6 Å². The number of thioether (sulfide) groups is 1. The summed E-state index contributed by atoms with van der Waals surface area (Å²) in [6.07, 6.45) is 0. The summed E-state index contributed by atoms with van der Waals surface area (Å²) in [5.41, 5.74) is 0.771. The summed E-state index contributed by atoms with van der Waals surface area (Å²) >= 11 is 3.65. The molecule has 0 aliphatic rings. The van der Waals surface area contributed by atoms with Gasteiger partial charge in [-0.15, -0.1) is 21.5 Å². The standard InChI is InChI=1S/C15H12FN5O2S3/c1-8-6-24-13(17-8)18-11(22)7-25-15-21-20-14(26-15)19-12(23)9-4-2-3-5-10(9)16/h2-6H,7H2,1H3,(H,17,18,22)(H,19,20,23). The maximum atomic E-state index is 13.6. The molecule has 0 saturated carbocycles. The number of nitrogens with zero attached hydrogens (tertiary/aromatic N) is 3. The van der Waals surface area contributed by atoms with Crippen LogP contribution in [0.15, 0.2) is 34.0 Å². The van der Waals surface area contributed by atoms with E-state index in [1.165, 1.54) is 41.3 Å². The minimum Gasteiger partial charge on any atom is -0.301 e. The van der Waals surface area contributed by atoms with Crippen LogP contribution in [0.1, 0.15) is 16.1 Å². The van der Waals surface area contributed by atoms with Gasteiger partial charge in [-0.05, 0) is 19.1 Å². The monoisotopic (exact) mass is 409 g/mol. The number of hydrogen-bond donors (Lipinski definition) is 2. The summed E-state index contributed by atoms with van der Waals surface area (Å²) < 4.78 is 14.1. The van der Waals surface area contributed by atoms with Crippen molar-refractivity contribution < 1.29 is 14.0 Å². The maximum Gasteiger partial charge on any atom is 0.260 e. The van der Waals surface area contributed by atoms with Crippen molar-refractivity contribution in [2.75, 3.05) is 16.4 Å². The summed E-state index contributed by atoms with van der Waals surface area (Å²) in [6, 6.07) is 5.66. The number of aromatic nitrogens is 3. The topological polar surface area (TPSA) is 96.9 Å². The molecule has 0 saturated heterocycles. The van der Waals surface area contributed by atoms with E-state index in [2.05, 4.69) is 25.8 Å². The molecule has 134 valence electrons. The Labute approximate surface area is 160 Å². The molecule has 26 heavy (non-hydrogen) atoms. The van der Waals surface area contributed by atoms with Gasteiger partial charge < -0.3 is 5.32 Å². The average molecular weight is 409 g/mol. The van der Waals surface area contributed by atoms with Crippen molar-refractivity contribution in [1.82, 2.24) is 15.2 Å². The molecule has 11 heteroatoms. The lowest BCUT2D eigenvalue weighted by Gasteiger charge is -2.01. The van der Waals surface area contributed by atoms with E-state index in [1.54, 1.807) is 6.07 Å². The Morgan fingerprint density at radius 3 is 2.73 bits per heavy atom. The summed E-state index contributed by atoms with van der Waals surface area (Å²) in [5, 5.41) is 15.5. The summed E-state index contributed by atoms with van der Waals surface area (Å²) in [4.78, 5) is 28.1. The van der Waals surface area contributed by atoms with Crippen LogP contribution in [0.25, 0.3) is 0 Å². The number of nitrogens with one attached hydrogen (secondary N) is 2. The molecule has 0 bridgehead atoms. The fourth-order valence-electron chi connectivity index (χ4n) is 1.82. The molecular weight excluding hydrogens is 397 g/mol. The summed E-state index contributed by atoms with van der Waals surface area (Å²) in [7, 11) is 0. The molecule has 2 amide bonds. The molecule has 7 nitrogen and oxygen atoms in total. The second kappa shape index (κ2) is 8.34. The van der Waals surface area contributed by atoms with Crippen molar-refractivity contribution in [3.63, 3.8) is 0 Å². The highest BCUT2D eigenvalue weighted by atomic mass is 32.2. The van der Waals surface area contributed by atoms with Gasteiger partial charge in [-0.1, -0.05) is 35.2 Å². The Morgan fingerprint density at radius 2 is 2.00 bits per heavy atom. The first-order chi connectivity index (χ1) is 12.5.